The molecule has 0 spiro atoms. The first-order valence-corrected chi connectivity index (χ1v) is 14.3. The minimum atomic E-state index is -0.541. The van der Waals surface area contributed by atoms with E-state index in [-0.39, 0.29) is 17.6 Å². The molecule has 1 aliphatic rings. The number of nitro groups is 1. The van der Waals surface area contributed by atoms with Crippen molar-refractivity contribution in [2.75, 3.05) is 53.7 Å². The molecule has 0 bridgehead atoms. The molecule has 0 saturated carbocycles. The van der Waals surface area contributed by atoms with Crippen LogP contribution in [0.5, 0.6) is 5.75 Å². The normalized spacial score (nSPS) is 13.5. The second kappa shape index (κ2) is 13.6. The number of hydrogen-bond acceptors (Lipinski definition) is 7. The SMILES string of the molecule is COc1ccccc1N1CCN(c2ccc(NC(=O)Nc3ccc([N+](=O)[O-])cc3)cc2C(=O)NC(C)c2ccccc2)CC1. The number of para-hydroxylation sites is 2. The maximum absolute atomic E-state index is 13.7. The van der Waals surface area contributed by atoms with Gasteiger partial charge in [0.15, 0.2) is 0 Å². The maximum atomic E-state index is 13.7. The fraction of sp³-hybridized carbons (Fsp3) is 0.212. The Kier molecular flexibility index (Phi) is 9.24. The topological polar surface area (TPSA) is 129 Å². The minimum absolute atomic E-state index is 0.0735. The van der Waals surface area contributed by atoms with Crippen molar-refractivity contribution in [3.63, 3.8) is 0 Å². The number of nitro benzene ring substituents is 1. The molecule has 1 saturated heterocycles. The number of amides is 3. The predicted octanol–water partition coefficient (Wildman–Crippen LogP) is 6.07. The van der Waals surface area contributed by atoms with Gasteiger partial charge in [-0.05, 0) is 55.0 Å². The standard InChI is InChI=1S/C33H34N6O5/c1-23(24-8-4-3-5-9-24)34-32(40)28-22-26(36-33(41)35-25-12-15-27(16-13-25)39(42)43)14-17-29(28)37-18-20-38(21-19-37)30-10-6-7-11-31(30)44-2/h3-17,22-23H,18-21H2,1-2H3,(H,34,40)(H2,35,36,41). The van der Waals surface area contributed by atoms with E-state index in [2.05, 4.69) is 25.8 Å². The van der Waals surface area contributed by atoms with Crippen LogP contribution in [-0.2, 0) is 0 Å². The Morgan fingerprint density at radius 1 is 0.795 bits per heavy atom. The first-order chi connectivity index (χ1) is 21.3. The third kappa shape index (κ3) is 7.06. The summed E-state index contributed by atoms with van der Waals surface area (Å²) in [6.45, 7) is 4.76. The molecule has 11 heteroatoms. The highest BCUT2D eigenvalue weighted by Gasteiger charge is 2.24. The zero-order valence-electron chi connectivity index (χ0n) is 24.5. The summed E-state index contributed by atoms with van der Waals surface area (Å²) in [5.74, 6) is 0.557. The van der Waals surface area contributed by atoms with Crippen LogP contribution in [0.4, 0.5) is 33.2 Å². The lowest BCUT2D eigenvalue weighted by molar-refractivity contribution is -0.384. The number of hydrogen-bond donors (Lipinski definition) is 3. The number of benzene rings is 4. The van der Waals surface area contributed by atoms with Gasteiger partial charge in [-0.25, -0.2) is 4.79 Å². The molecule has 0 radical (unpaired) electrons. The molecule has 11 nitrogen and oxygen atoms in total. The minimum Gasteiger partial charge on any atom is -0.495 e. The highest BCUT2D eigenvalue weighted by molar-refractivity contribution is 6.04. The van der Waals surface area contributed by atoms with Crippen LogP contribution in [0.1, 0.15) is 28.9 Å². The molecule has 1 aliphatic heterocycles. The van der Waals surface area contributed by atoms with Crippen molar-refractivity contribution in [1.82, 2.24) is 5.32 Å². The summed E-state index contributed by atoms with van der Waals surface area (Å²) in [7, 11) is 1.66. The molecule has 3 amide bonds. The zero-order chi connectivity index (χ0) is 31.1. The van der Waals surface area contributed by atoms with Gasteiger partial charge in [-0.2, -0.15) is 0 Å². The van der Waals surface area contributed by atoms with Crippen LogP contribution in [0.3, 0.4) is 0 Å². The Balaban J connectivity index is 1.35. The number of rotatable bonds is 9. The first kappa shape index (κ1) is 29.9. The molecule has 44 heavy (non-hydrogen) atoms. The van der Waals surface area contributed by atoms with Crippen molar-refractivity contribution in [2.45, 2.75) is 13.0 Å². The van der Waals surface area contributed by atoms with Gasteiger partial charge in [0.1, 0.15) is 5.75 Å². The second-order valence-corrected chi connectivity index (χ2v) is 10.4. The van der Waals surface area contributed by atoms with Crippen molar-refractivity contribution in [3.8, 4) is 5.75 Å². The molecular formula is C33H34N6O5. The molecule has 226 valence electrons. The number of nitrogens with one attached hydrogen (secondary N) is 3. The van der Waals surface area contributed by atoms with Gasteiger partial charge < -0.3 is 30.5 Å². The summed E-state index contributed by atoms with van der Waals surface area (Å²) in [5.41, 5.74) is 3.96. The fourth-order valence-electron chi connectivity index (χ4n) is 5.21. The lowest BCUT2D eigenvalue weighted by atomic mass is 10.1. The molecule has 1 atom stereocenters. The highest BCUT2D eigenvalue weighted by atomic mass is 16.6. The Hall–Kier alpha value is -5.58. The number of nitrogens with zero attached hydrogens (tertiary/aromatic N) is 3. The summed E-state index contributed by atoms with van der Waals surface area (Å²) in [6, 6.07) is 27.7. The van der Waals surface area contributed by atoms with Gasteiger partial charge in [0.2, 0.25) is 0 Å². The maximum Gasteiger partial charge on any atom is 0.323 e. The van der Waals surface area contributed by atoms with E-state index in [1.54, 1.807) is 19.2 Å². The van der Waals surface area contributed by atoms with Crippen molar-refractivity contribution in [3.05, 3.63) is 118 Å². The van der Waals surface area contributed by atoms with E-state index in [4.69, 9.17) is 4.74 Å². The monoisotopic (exact) mass is 594 g/mol. The first-order valence-electron chi connectivity index (χ1n) is 14.3. The number of urea groups is 1. The third-order valence-corrected chi connectivity index (χ3v) is 7.53. The van der Waals surface area contributed by atoms with Gasteiger partial charge in [-0.3, -0.25) is 14.9 Å². The molecule has 3 N–H and O–H groups in total. The van der Waals surface area contributed by atoms with Crippen molar-refractivity contribution < 1.29 is 19.2 Å². The van der Waals surface area contributed by atoms with Crippen LogP contribution >= 0.6 is 0 Å². The summed E-state index contributed by atoms with van der Waals surface area (Å²) < 4.78 is 5.56. The van der Waals surface area contributed by atoms with Gasteiger partial charge in [0, 0.05) is 55.4 Å². The average molecular weight is 595 g/mol. The third-order valence-electron chi connectivity index (χ3n) is 7.53. The van der Waals surface area contributed by atoms with E-state index < -0.39 is 11.0 Å². The predicted molar refractivity (Wildman–Crippen MR) is 172 cm³/mol. The van der Waals surface area contributed by atoms with Gasteiger partial charge >= 0.3 is 6.03 Å². The van der Waals surface area contributed by atoms with Crippen molar-refractivity contribution in [1.29, 1.82) is 0 Å². The summed E-state index contributed by atoms with van der Waals surface area (Å²) in [5, 5.41) is 19.5. The molecule has 5 rings (SSSR count). The van der Waals surface area contributed by atoms with Crippen LogP contribution in [0, 0.1) is 10.1 Å². The summed E-state index contributed by atoms with van der Waals surface area (Å²) >= 11 is 0. The number of methoxy groups -OCH3 is 1. The number of piperazine rings is 1. The number of non-ortho nitro benzene ring substituents is 1. The lowest BCUT2D eigenvalue weighted by Gasteiger charge is -2.38. The highest BCUT2D eigenvalue weighted by Crippen LogP contribution is 2.31. The molecule has 0 aromatic heterocycles. The molecule has 0 aliphatic carbocycles. The van der Waals surface area contributed by atoms with E-state index in [0.29, 0.717) is 30.0 Å². The van der Waals surface area contributed by atoms with Crippen LogP contribution in [-0.4, -0.2) is 50.2 Å². The molecule has 4 aromatic rings. The average Bonchev–Trinajstić information content (AvgIpc) is 3.05. The number of carbonyl (C=O) groups excluding carboxylic acids is 2. The Morgan fingerprint density at radius 3 is 2.05 bits per heavy atom. The van der Waals surface area contributed by atoms with Crippen LogP contribution < -0.4 is 30.5 Å². The van der Waals surface area contributed by atoms with Gasteiger partial charge in [-0.15, -0.1) is 0 Å². The smallest absolute Gasteiger partial charge is 0.323 e. The van der Waals surface area contributed by atoms with E-state index >= 15 is 0 Å². The van der Waals surface area contributed by atoms with Crippen LogP contribution in [0.25, 0.3) is 0 Å². The Bertz CT molecular complexity index is 1620. The quantitative estimate of drug-likeness (QED) is 0.159. The molecular weight excluding hydrogens is 560 g/mol. The van der Waals surface area contributed by atoms with E-state index in [1.807, 2.05) is 67.6 Å². The van der Waals surface area contributed by atoms with Gasteiger partial charge in [-0.1, -0.05) is 42.5 Å². The van der Waals surface area contributed by atoms with Crippen molar-refractivity contribution in [2.24, 2.45) is 0 Å². The molecule has 1 fully saturated rings. The Labute approximate surface area is 255 Å². The van der Waals surface area contributed by atoms with E-state index in [1.165, 1.54) is 24.3 Å². The number of anilines is 4. The van der Waals surface area contributed by atoms with Gasteiger partial charge in [0.05, 0.1) is 29.3 Å². The number of ether oxygens (including phenoxy) is 1. The molecule has 4 aromatic carbocycles. The fourth-order valence-corrected chi connectivity index (χ4v) is 5.21. The van der Waals surface area contributed by atoms with E-state index in [9.17, 15) is 19.7 Å². The second-order valence-electron chi connectivity index (χ2n) is 10.4. The summed E-state index contributed by atoms with van der Waals surface area (Å²) in [6.07, 6.45) is 0. The zero-order valence-corrected chi connectivity index (χ0v) is 24.5. The van der Waals surface area contributed by atoms with Crippen molar-refractivity contribution >= 4 is 40.4 Å². The van der Waals surface area contributed by atoms with Crippen LogP contribution in [0.2, 0.25) is 0 Å². The van der Waals surface area contributed by atoms with Gasteiger partial charge in [0.25, 0.3) is 11.6 Å². The van der Waals surface area contributed by atoms with E-state index in [0.717, 1.165) is 35.8 Å². The Morgan fingerprint density at radius 2 is 1.39 bits per heavy atom. The summed E-state index contributed by atoms with van der Waals surface area (Å²) in [4.78, 5) is 41.4. The largest absolute Gasteiger partial charge is 0.495 e. The number of carbonyl (C=O) groups is 2. The van der Waals surface area contributed by atoms with Crippen LogP contribution in [0.15, 0.2) is 97.1 Å². The molecule has 1 heterocycles. The molecule has 1 unspecified atom stereocenters. The lowest BCUT2D eigenvalue weighted by Crippen LogP contribution is -2.47.